The van der Waals surface area contributed by atoms with Gasteiger partial charge in [0.15, 0.2) is 14.7 Å². The molecule has 0 fully saturated rings. The van der Waals surface area contributed by atoms with Gasteiger partial charge in [0, 0.05) is 11.1 Å². The van der Waals surface area contributed by atoms with Gasteiger partial charge in [-0.25, -0.2) is 0 Å². The number of rotatable bonds is 21. The molecular weight excluding hydrogens is 561 g/mol. The van der Waals surface area contributed by atoms with Gasteiger partial charge >= 0.3 is 0 Å². The second-order valence-corrected chi connectivity index (χ2v) is 13.9. The average Bonchev–Trinajstić information content (AvgIpc) is 3.02. The van der Waals surface area contributed by atoms with E-state index in [0.29, 0.717) is 0 Å². The SMILES string of the molecule is CCCCCCCc1cc(CCCCCCC)c([S+](c2ccccc2)c2ccccc2)c(CCCCCCC)c1.O=C([O-])O. The fourth-order valence-electron chi connectivity index (χ4n) is 5.86. The molecule has 3 nitrogen and oxygen atoms in total. The minimum atomic E-state index is -2.08. The van der Waals surface area contributed by atoms with E-state index in [9.17, 15) is 0 Å². The van der Waals surface area contributed by atoms with Crippen molar-refractivity contribution in [2.45, 2.75) is 151 Å². The lowest BCUT2D eigenvalue weighted by Crippen LogP contribution is -2.17. The molecule has 0 aliphatic rings. The number of unbranched alkanes of at least 4 members (excludes halogenated alkanes) is 12. The largest absolute Gasteiger partial charge is 0.565 e. The van der Waals surface area contributed by atoms with E-state index in [1.54, 1.807) is 21.6 Å². The Morgan fingerprint density at radius 1 is 0.568 bits per heavy atom. The second-order valence-electron chi connectivity index (χ2n) is 11.9. The smallest absolute Gasteiger partial charge is 0.249 e. The molecule has 44 heavy (non-hydrogen) atoms. The molecule has 0 atom stereocenters. The molecule has 0 spiro atoms. The first-order valence-electron chi connectivity index (χ1n) is 17.4. The van der Waals surface area contributed by atoms with E-state index in [2.05, 4.69) is 93.6 Å². The number of carbonyl (C=O) groups is 1. The molecule has 0 saturated heterocycles. The molecule has 0 aromatic heterocycles. The highest BCUT2D eigenvalue weighted by Gasteiger charge is 2.33. The molecule has 0 bridgehead atoms. The summed E-state index contributed by atoms with van der Waals surface area (Å²) >= 11 is 0. The summed E-state index contributed by atoms with van der Waals surface area (Å²) < 4.78 is 0. The monoisotopic (exact) mass is 618 g/mol. The van der Waals surface area contributed by atoms with Crippen LogP contribution in [0.15, 0.2) is 87.5 Å². The minimum absolute atomic E-state index is 0.0737. The average molecular weight is 619 g/mol. The molecule has 0 unspecified atom stereocenters. The molecule has 0 radical (unpaired) electrons. The highest BCUT2D eigenvalue weighted by Crippen LogP contribution is 2.38. The maximum Gasteiger partial charge on any atom is 0.249 e. The fraction of sp³-hybridized carbons (Fsp3) is 0.525. The van der Waals surface area contributed by atoms with Crippen LogP contribution in [0.5, 0.6) is 0 Å². The third-order valence-electron chi connectivity index (χ3n) is 8.13. The van der Waals surface area contributed by atoms with Gasteiger partial charge < -0.3 is 15.0 Å². The number of benzene rings is 3. The molecule has 1 N–H and O–H groups in total. The van der Waals surface area contributed by atoms with Gasteiger partial charge in [-0.15, -0.1) is 0 Å². The summed E-state index contributed by atoms with van der Waals surface area (Å²) in [6.45, 7) is 6.95. The van der Waals surface area contributed by atoms with Gasteiger partial charge in [-0.05, 0) is 68.4 Å². The third kappa shape index (κ3) is 14.8. The molecule has 0 saturated carbocycles. The van der Waals surface area contributed by atoms with Crippen LogP contribution in [-0.4, -0.2) is 11.3 Å². The quantitative estimate of drug-likeness (QED) is 0.0954. The maximum atomic E-state index is 8.44. The topological polar surface area (TPSA) is 60.4 Å². The van der Waals surface area contributed by atoms with Crippen molar-refractivity contribution in [2.75, 3.05) is 0 Å². The van der Waals surface area contributed by atoms with Crippen molar-refractivity contribution in [3.8, 4) is 0 Å². The molecule has 4 heteroatoms. The molecule has 3 aromatic carbocycles. The Morgan fingerprint density at radius 2 is 0.909 bits per heavy atom. The fourth-order valence-corrected chi connectivity index (χ4v) is 8.31. The van der Waals surface area contributed by atoms with Crippen LogP contribution in [-0.2, 0) is 30.2 Å². The van der Waals surface area contributed by atoms with Crippen LogP contribution in [0.3, 0.4) is 0 Å². The number of carboxylic acid groups (broad SMARTS) is 2. The molecule has 0 heterocycles. The highest BCUT2D eigenvalue weighted by atomic mass is 32.2. The zero-order valence-electron chi connectivity index (χ0n) is 27.8. The maximum absolute atomic E-state index is 8.44. The van der Waals surface area contributed by atoms with Gasteiger partial charge in [-0.2, -0.15) is 0 Å². The predicted molar refractivity (Wildman–Crippen MR) is 187 cm³/mol. The summed E-state index contributed by atoms with van der Waals surface area (Å²) in [7, 11) is -0.0737. The predicted octanol–water partition coefficient (Wildman–Crippen LogP) is 11.2. The van der Waals surface area contributed by atoms with Crippen LogP contribution in [0.25, 0.3) is 0 Å². The molecule has 0 aliphatic heterocycles. The van der Waals surface area contributed by atoms with E-state index in [-0.39, 0.29) is 10.9 Å². The molecular formula is C40H58O3S. The van der Waals surface area contributed by atoms with Gasteiger partial charge in [0.05, 0.1) is 10.9 Å². The first kappa shape index (κ1) is 37.5. The summed E-state index contributed by atoms with van der Waals surface area (Å²) in [6, 6.07) is 28.0. The highest BCUT2D eigenvalue weighted by molar-refractivity contribution is 7.97. The van der Waals surface area contributed by atoms with Crippen LogP contribution in [0.2, 0.25) is 0 Å². The molecule has 0 amide bonds. The van der Waals surface area contributed by atoms with E-state index in [4.69, 9.17) is 15.0 Å². The normalized spacial score (nSPS) is 10.9. The van der Waals surface area contributed by atoms with E-state index < -0.39 is 6.16 Å². The summed E-state index contributed by atoms with van der Waals surface area (Å²) in [4.78, 5) is 13.0. The zero-order chi connectivity index (χ0) is 31.8. The Bertz CT molecular complexity index is 1070. The summed E-state index contributed by atoms with van der Waals surface area (Å²) in [5, 5.41) is 15.3. The van der Waals surface area contributed by atoms with Crippen molar-refractivity contribution < 1.29 is 15.0 Å². The summed E-state index contributed by atoms with van der Waals surface area (Å²) in [5.41, 5.74) is 4.88. The summed E-state index contributed by atoms with van der Waals surface area (Å²) in [5.74, 6) is 0. The third-order valence-corrected chi connectivity index (χ3v) is 10.6. The van der Waals surface area contributed by atoms with Gasteiger partial charge in [0.2, 0.25) is 6.16 Å². The second kappa shape index (κ2) is 23.6. The molecule has 242 valence electrons. The molecule has 3 rings (SSSR count). The van der Waals surface area contributed by atoms with E-state index in [0.717, 1.165) is 0 Å². The summed E-state index contributed by atoms with van der Waals surface area (Å²) in [6.07, 6.45) is 21.8. The first-order valence-corrected chi connectivity index (χ1v) is 18.6. The van der Waals surface area contributed by atoms with Gasteiger partial charge in [-0.3, -0.25) is 0 Å². The van der Waals surface area contributed by atoms with Crippen molar-refractivity contribution in [3.05, 3.63) is 89.5 Å². The van der Waals surface area contributed by atoms with Crippen LogP contribution in [0, 0.1) is 0 Å². The standard InChI is InChI=1S/C39H57S.CH2O3/c1-4-7-10-13-18-25-34-32-35(26-19-14-11-8-5-2)39(36(33-34)27-20-15-12-9-6-3)40(37-28-21-16-22-29-37)38-30-23-17-24-31-38;2-1(3)4/h16-17,21-24,28-33H,4-15,18-20,25-27H2,1-3H3;(H2,2,3,4)/q+1;/p-1. The van der Waals surface area contributed by atoms with E-state index >= 15 is 0 Å². The van der Waals surface area contributed by atoms with Crippen LogP contribution in [0.1, 0.15) is 134 Å². The van der Waals surface area contributed by atoms with Crippen LogP contribution >= 0.6 is 0 Å². The lowest BCUT2D eigenvalue weighted by molar-refractivity contribution is -0.275. The Labute approximate surface area is 271 Å². The lowest BCUT2D eigenvalue weighted by atomic mass is 9.95. The van der Waals surface area contributed by atoms with E-state index in [1.807, 2.05) is 0 Å². The van der Waals surface area contributed by atoms with Gasteiger partial charge in [-0.1, -0.05) is 146 Å². The van der Waals surface area contributed by atoms with Crippen LogP contribution < -0.4 is 5.11 Å². The number of aryl methyl sites for hydroxylation is 3. The number of hydrogen-bond acceptors (Lipinski definition) is 2. The van der Waals surface area contributed by atoms with Crippen molar-refractivity contribution in [1.29, 1.82) is 0 Å². The number of hydrogen-bond donors (Lipinski definition) is 1. The first-order chi connectivity index (χ1) is 21.5. The van der Waals surface area contributed by atoms with Crippen molar-refractivity contribution in [1.82, 2.24) is 0 Å². The van der Waals surface area contributed by atoms with Crippen molar-refractivity contribution in [2.24, 2.45) is 0 Å². The molecule has 3 aromatic rings. The van der Waals surface area contributed by atoms with Crippen LogP contribution in [0.4, 0.5) is 4.79 Å². The Kier molecular flexibility index (Phi) is 20.1. The Morgan fingerprint density at radius 3 is 1.27 bits per heavy atom. The Hall–Kier alpha value is -2.72. The molecule has 0 aliphatic carbocycles. The zero-order valence-corrected chi connectivity index (χ0v) is 28.6. The lowest BCUT2D eigenvalue weighted by Gasteiger charge is -2.18. The Balaban J connectivity index is 0.00000159. The van der Waals surface area contributed by atoms with Crippen molar-refractivity contribution >= 4 is 17.1 Å². The van der Waals surface area contributed by atoms with Crippen molar-refractivity contribution in [3.63, 3.8) is 0 Å². The van der Waals surface area contributed by atoms with E-state index in [1.165, 1.54) is 125 Å². The van der Waals surface area contributed by atoms with Gasteiger partial charge in [0.25, 0.3) is 0 Å². The minimum Gasteiger partial charge on any atom is -0.565 e. The van der Waals surface area contributed by atoms with Gasteiger partial charge in [0.1, 0.15) is 0 Å².